The Bertz CT molecular complexity index is 949. The Morgan fingerprint density at radius 1 is 1.17 bits per heavy atom. The van der Waals surface area contributed by atoms with Gasteiger partial charge in [0.25, 0.3) is 5.91 Å². The number of nitrogens with zero attached hydrogens (tertiary/aromatic N) is 2. The molecule has 6 nitrogen and oxygen atoms in total. The summed E-state index contributed by atoms with van der Waals surface area (Å²) in [6, 6.07) is 5.99. The molecule has 2 rings (SSSR count). The van der Waals surface area contributed by atoms with E-state index in [0.29, 0.717) is 39.6 Å². The molecular weight excluding hydrogens is 392 g/mol. The number of ether oxygens (including phenoxy) is 1. The van der Waals surface area contributed by atoms with Crippen LogP contribution in [0.5, 0.6) is 0 Å². The molecule has 29 heavy (non-hydrogen) atoms. The van der Waals surface area contributed by atoms with Crippen molar-refractivity contribution in [1.82, 2.24) is 9.47 Å². The van der Waals surface area contributed by atoms with Crippen LogP contribution in [0.4, 0.5) is 0 Å². The zero-order valence-corrected chi connectivity index (χ0v) is 18.5. The molecule has 0 aliphatic rings. The first-order chi connectivity index (χ1) is 13.7. The number of carbonyl (C=O) groups excluding carboxylic acids is 3. The highest BCUT2D eigenvalue weighted by atomic mass is 35.5. The lowest BCUT2D eigenvalue weighted by atomic mass is 9.99. The van der Waals surface area contributed by atoms with Crippen molar-refractivity contribution in [2.24, 2.45) is 0 Å². The van der Waals surface area contributed by atoms with Crippen LogP contribution >= 0.6 is 11.6 Å². The van der Waals surface area contributed by atoms with Crippen LogP contribution in [-0.2, 0) is 11.3 Å². The van der Waals surface area contributed by atoms with E-state index in [4.69, 9.17) is 16.3 Å². The van der Waals surface area contributed by atoms with Crippen molar-refractivity contribution >= 4 is 29.3 Å². The summed E-state index contributed by atoms with van der Waals surface area (Å²) in [6.07, 6.45) is 0. The molecule has 0 N–H and O–H groups in total. The van der Waals surface area contributed by atoms with E-state index in [0.717, 1.165) is 0 Å². The number of aromatic nitrogens is 1. The summed E-state index contributed by atoms with van der Waals surface area (Å²) >= 11 is 6.14. The van der Waals surface area contributed by atoms with Gasteiger partial charge in [0.2, 0.25) is 0 Å². The van der Waals surface area contributed by atoms with Crippen LogP contribution in [0.15, 0.2) is 24.3 Å². The Balaban J connectivity index is 2.42. The van der Waals surface area contributed by atoms with Crippen molar-refractivity contribution in [3.8, 4) is 0 Å². The number of amides is 1. The molecule has 0 saturated carbocycles. The molecule has 0 aliphatic carbocycles. The number of rotatable bonds is 7. The number of hydrogen-bond acceptors (Lipinski definition) is 4. The molecule has 1 heterocycles. The number of likely N-dealkylation sites (N-methyl/N-ethyl adjacent to an activating group) is 1. The van der Waals surface area contributed by atoms with Crippen molar-refractivity contribution < 1.29 is 19.1 Å². The van der Waals surface area contributed by atoms with Crippen molar-refractivity contribution in [3.05, 3.63) is 57.4 Å². The number of carbonyl (C=O) groups is 3. The number of hydrogen-bond donors (Lipinski definition) is 0. The van der Waals surface area contributed by atoms with Crippen LogP contribution < -0.4 is 0 Å². The number of esters is 1. The largest absolute Gasteiger partial charge is 0.461 e. The van der Waals surface area contributed by atoms with E-state index >= 15 is 0 Å². The molecule has 7 heteroatoms. The first kappa shape index (κ1) is 22.7. The SMILES string of the molecule is CCOC(=O)c1c(C)c(C(=O)[C@H](C)N(C)C(=O)c2ccccc2Cl)c(C)n1CC. The minimum absolute atomic E-state index is 0.236. The predicted octanol–water partition coefficient (Wildman–Crippen LogP) is 4.30. The quantitative estimate of drug-likeness (QED) is 0.496. The molecule has 1 atom stereocenters. The number of ketones is 1. The second-order valence-electron chi connectivity index (χ2n) is 6.83. The van der Waals surface area contributed by atoms with Crippen molar-refractivity contribution in [1.29, 1.82) is 0 Å². The highest BCUT2D eigenvalue weighted by Crippen LogP contribution is 2.26. The predicted molar refractivity (Wildman–Crippen MR) is 113 cm³/mol. The van der Waals surface area contributed by atoms with E-state index in [2.05, 4.69) is 0 Å². The average Bonchev–Trinajstić information content (AvgIpc) is 2.95. The minimum atomic E-state index is -0.737. The van der Waals surface area contributed by atoms with E-state index in [1.165, 1.54) is 4.90 Å². The third kappa shape index (κ3) is 4.22. The van der Waals surface area contributed by atoms with E-state index in [1.807, 2.05) is 6.92 Å². The van der Waals surface area contributed by atoms with Gasteiger partial charge in [-0.25, -0.2) is 4.79 Å². The van der Waals surface area contributed by atoms with Crippen molar-refractivity contribution in [2.45, 2.75) is 47.2 Å². The molecule has 0 bridgehead atoms. The molecular formula is C22H27ClN2O4. The fourth-order valence-electron chi connectivity index (χ4n) is 3.50. The van der Waals surface area contributed by atoms with Gasteiger partial charge < -0.3 is 14.2 Å². The summed E-state index contributed by atoms with van der Waals surface area (Å²) < 4.78 is 6.95. The van der Waals surface area contributed by atoms with E-state index in [1.54, 1.807) is 63.6 Å². The van der Waals surface area contributed by atoms with Gasteiger partial charge in [0, 0.05) is 24.8 Å². The molecule has 0 spiro atoms. The molecule has 0 saturated heterocycles. The summed E-state index contributed by atoms with van der Waals surface area (Å²) in [4.78, 5) is 40.0. The summed E-state index contributed by atoms with van der Waals surface area (Å²) in [5.74, 6) is -1.03. The zero-order chi connectivity index (χ0) is 21.9. The van der Waals surface area contributed by atoms with Gasteiger partial charge in [0.1, 0.15) is 5.69 Å². The number of halogens is 1. The number of benzene rings is 1. The first-order valence-electron chi connectivity index (χ1n) is 9.59. The maximum absolute atomic E-state index is 13.3. The normalized spacial score (nSPS) is 11.8. The summed E-state index contributed by atoms with van der Waals surface area (Å²) in [5.41, 5.74) is 2.41. The van der Waals surface area contributed by atoms with Gasteiger partial charge in [-0.2, -0.15) is 0 Å². The molecule has 0 fully saturated rings. The van der Waals surface area contributed by atoms with Crippen LogP contribution in [0.2, 0.25) is 5.02 Å². The fourth-order valence-corrected chi connectivity index (χ4v) is 3.72. The Kier molecular flexibility index (Phi) is 7.25. The monoisotopic (exact) mass is 418 g/mol. The van der Waals surface area contributed by atoms with Crippen LogP contribution in [-0.4, -0.2) is 46.8 Å². The van der Waals surface area contributed by atoms with Gasteiger partial charge in [-0.05, 0) is 52.3 Å². The molecule has 2 aromatic rings. The molecule has 0 radical (unpaired) electrons. The Labute approximate surface area is 176 Å². The molecule has 1 amide bonds. The molecule has 0 aliphatic heterocycles. The van der Waals surface area contributed by atoms with Crippen LogP contribution in [0.25, 0.3) is 0 Å². The summed E-state index contributed by atoms with van der Waals surface area (Å²) in [5, 5.41) is 0.332. The third-order valence-electron chi connectivity index (χ3n) is 5.18. The highest BCUT2D eigenvalue weighted by molar-refractivity contribution is 6.33. The Morgan fingerprint density at radius 2 is 1.79 bits per heavy atom. The molecule has 1 aromatic carbocycles. The summed E-state index contributed by atoms with van der Waals surface area (Å²) in [7, 11) is 1.57. The fraction of sp³-hybridized carbons (Fsp3) is 0.409. The van der Waals surface area contributed by atoms with Gasteiger partial charge in [0.05, 0.1) is 23.2 Å². The second-order valence-corrected chi connectivity index (χ2v) is 7.24. The lowest BCUT2D eigenvalue weighted by Crippen LogP contribution is -2.40. The standard InChI is InChI=1S/C22H27ClN2O4/c1-7-25-14(4)18(13(3)19(25)22(28)29-8-2)20(26)15(5)24(6)21(27)16-11-9-10-12-17(16)23/h9-12,15H,7-8H2,1-6H3/t15-/m0/s1. The van der Waals surface area contributed by atoms with E-state index in [-0.39, 0.29) is 18.3 Å². The maximum atomic E-state index is 13.3. The lowest BCUT2D eigenvalue weighted by Gasteiger charge is -2.24. The number of Topliss-reactive ketones (excluding diaryl/α,β-unsaturated/α-hetero) is 1. The molecule has 1 aromatic heterocycles. The minimum Gasteiger partial charge on any atom is -0.461 e. The van der Waals surface area contributed by atoms with Gasteiger partial charge in [0.15, 0.2) is 5.78 Å². The van der Waals surface area contributed by atoms with Gasteiger partial charge in [-0.3, -0.25) is 9.59 Å². The molecule has 0 unspecified atom stereocenters. The van der Waals surface area contributed by atoms with Gasteiger partial charge >= 0.3 is 5.97 Å². The second kappa shape index (κ2) is 9.27. The highest BCUT2D eigenvalue weighted by Gasteiger charge is 2.32. The van der Waals surface area contributed by atoms with Crippen LogP contribution in [0.3, 0.4) is 0 Å². The lowest BCUT2D eigenvalue weighted by molar-refractivity contribution is 0.0512. The first-order valence-corrected chi connectivity index (χ1v) is 9.97. The third-order valence-corrected chi connectivity index (χ3v) is 5.51. The Hall–Kier alpha value is -2.60. The maximum Gasteiger partial charge on any atom is 0.355 e. The molecule has 156 valence electrons. The van der Waals surface area contributed by atoms with E-state index < -0.39 is 12.0 Å². The van der Waals surface area contributed by atoms with Crippen LogP contribution in [0, 0.1) is 13.8 Å². The van der Waals surface area contributed by atoms with Gasteiger partial charge in [-0.1, -0.05) is 23.7 Å². The van der Waals surface area contributed by atoms with Crippen molar-refractivity contribution in [2.75, 3.05) is 13.7 Å². The zero-order valence-electron chi connectivity index (χ0n) is 17.7. The topological polar surface area (TPSA) is 68.6 Å². The van der Waals surface area contributed by atoms with Crippen LogP contribution in [0.1, 0.15) is 63.2 Å². The Morgan fingerprint density at radius 3 is 2.34 bits per heavy atom. The van der Waals surface area contributed by atoms with Crippen molar-refractivity contribution in [3.63, 3.8) is 0 Å². The summed E-state index contributed by atoms with van der Waals surface area (Å²) in [6.45, 7) is 9.63. The van der Waals surface area contributed by atoms with Gasteiger partial charge in [-0.15, -0.1) is 0 Å². The average molecular weight is 419 g/mol. The van der Waals surface area contributed by atoms with E-state index in [9.17, 15) is 14.4 Å². The smallest absolute Gasteiger partial charge is 0.355 e.